The van der Waals surface area contributed by atoms with Crippen LogP contribution in [0.2, 0.25) is 0 Å². The number of benzene rings is 16. The zero-order chi connectivity index (χ0) is 69.8. The predicted octanol–water partition coefficient (Wildman–Crippen LogP) is 25.2. The van der Waals surface area contributed by atoms with E-state index in [0.29, 0.717) is 11.6 Å². The van der Waals surface area contributed by atoms with E-state index in [4.69, 9.17) is 29.9 Å². The van der Waals surface area contributed by atoms with Crippen molar-refractivity contribution in [2.45, 2.75) is 0 Å². The van der Waals surface area contributed by atoms with E-state index >= 15 is 0 Å². The molecule has 492 valence electrons. The molecule has 0 bridgehead atoms. The lowest BCUT2D eigenvalue weighted by Crippen LogP contribution is -1.95. The van der Waals surface area contributed by atoms with Gasteiger partial charge in [0.2, 0.25) is 0 Å². The van der Waals surface area contributed by atoms with E-state index in [-0.39, 0.29) is 0 Å². The lowest BCUT2D eigenvalue weighted by Gasteiger charge is -2.16. The van der Waals surface area contributed by atoms with Gasteiger partial charge in [-0.15, -0.1) is 0 Å². The Morgan fingerprint density at radius 2 is 0.462 bits per heavy atom. The Hall–Kier alpha value is -14.3. The van der Waals surface area contributed by atoms with Gasteiger partial charge in [-0.2, -0.15) is 0 Å². The molecule has 0 saturated heterocycles. The number of para-hydroxylation sites is 6. The van der Waals surface area contributed by atoms with E-state index in [1.165, 1.54) is 103 Å². The van der Waals surface area contributed by atoms with Crippen molar-refractivity contribution >= 4 is 130 Å². The van der Waals surface area contributed by atoms with Crippen molar-refractivity contribution in [3.8, 4) is 78.9 Å². The number of rotatable bonds is 8. The molecule has 8 nitrogen and oxygen atoms in total. The van der Waals surface area contributed by atoms with Crippen LogP contribution in [0.5, 0.6) is 0 Å². The second kappa shape index (κ2) is 24.7. The highest BCUT2D eigenvalue weighted by Crippen LogP contribution is 2.46. The fourth-order valence-electron chi connectivity index (χ4n) is 16.5. The molecule has 0 atom stereocenters. The van der Waals surface area contributed by atoms with Crippen LogP contribution in [-0.2, 0) is 0 Å². The number of hydrogen-bond acceptors (Lipinski definition) is 6. The summed E-state index contributed by atoms with van der Waals surface area (Å²) >= 11 is 0. The number of nitrogens with zero attached hydrogens (tertiary/aromatic N) is 8. The van der Waals surface area contributed by atoms with Gasteiger partial charge in [-0.3, -0.25) is 0 Å². The molecule has 106 heavy (non-hydrogen) atoms. The molecule has 16 aromatic carbocycles. The van der Waals surface area contributed by atoms with Gasteiger partial charge in [-0.25, -0.2) is 29.9 Å². The van der Waals surface area contributed by atoms with E-state index in [0.717, 1.165) is 94.5 Å². The topological polar surface area (TPSA) is 87.2 Å². The third kappa shape index (κ3) is 9.84. The summed E-state index contributed by atoms with van der Waals surface area (Å²) < 4.78 is 4.66. The second-order valence-electron chi connectivity index (χ2n) is 27.2. The van der Waals surface area contributed by atoms with Gasteiger partial charge < -0.3 is 9.13 Å². The van der Waals surface area contributed by atoms with Gasteiger partial charge in [0.1, 0.15) is 0 Å². The van der Waals surface area contributed by atoms with Crippen molar-refractivity contribution in [3.63, 3.8) is 0 Å². The first-order valence-corrected chi connectivity index (χ1v) is 35.9. The van der Waals surface area contributed by atoms with Crippen LogP contribution in [0.4, 0.5) is 0 Å². The molecule has 6 heterocycles. The summed E-state index contributed by atoms with van der Waals surface area (Å²) in [5.74, 6) is 1.37. The molecule has 0 aliphatic rings. The first-order valence-electron chi connectivity index (χ1n) is 35.9. The van der Waals surface area contributed by atoms with Crippen LogP contribution in [0.25, 0.3) is 209 Å². The van der Waals surface area contributed by atoms with Crippen molar-refractivity contribution in [2.24, 2.45) is 0 Å². The molecule has 6 aromatic heterocycles. The fourth-order valence-corrected chi connectivity index (χ4v) is 16.5. The minimum atomic E-state index is 0.679. The van der Waals surface area contributed by atoms with Gasteiger partial charge in [0, 0.05) is 123 Å². The summed E-state index contributed by atoms with van der Waals surface area (Å²) in [6.07, 6.45) is 7.70. The summed E-state index contributed by atoms with van der Waals surface area (Å²) in [6, 6.07) is 120. The first kappa shape index (κ1) is 60.4. The van der Waals surface area contributed by atoms with Crippen LogP contribution >= 0.6 is 0 Å². The van der Waals surface area contributed by atoms with Crippen molar-refractivity contribution in [2.75, 3.05) is 0 Å². The highest BCUT2D eigenvalue weighted by atomic mass is 15.0. The SMILES string of the molecule is c1cc(-c2cnc(-c3ccc(-n4c5ccccc5c5ccccc54)cc3)nc2)cc(-c2nc3ccccc3c3c4ccccc4c4ccccc4c23)c1.c1cc(-c2ncc(-c3ccc(-n4c5ccccc5c5ccccc54)cc3)cn2)cc(-c2nc3ccccc3c3c4ccccc4c4ccccc4c23)c1. The van der Waals surface area contributed by atoms with Gasteiger partial charge in [0.05, 0.1) is 44.5 Å². The largest absolute Gasteiger partial charge is 0.309 e. The zero-order valence-electron chi connectivity index (χ0n) is 57.2. The van der Waals surface area contributed by atoms with Gasteiger partial charge in [0.25, 0.3) is 0 Å². The molecule has 22 aromatic rings. The fraction of sp³-hybridized carbons (Fsp3) is 0. The van der Waals surface area contributed by atoms with Crippen LogP contribution < -0.4 is 0 Å². The number of aromatic nitrogens is 8. The number of pyridine rings is 2. The summed E-state index contributed by atoms with van der Waals surface area (Å²) in [5.41, 5.74) is 19.0. The van der Waals surface area contributed by atoms with E-state index in [9.17, 15) is 0 Å². The Morgan fingerprint density at radius 3 is 0.858 bits per heavy atom. The maximum absolute atomic E-state index is 5.35. The lowest BCUT2D eigenvalue weighted by atomic mass is 9.89. The van der Waals surface area contributed by atoms with Gasteiger partial charge in [-0.05, 0) is 139 Å². The van der Waals surface area contributed by atoms with Gasteiger partial charge >= 0.3 is 0 Å². The van der Waals surface area contributed by atoms with Crippen molar-refractivity contribution in [3.05, 3.63) is 365 Å². The summed E-state index contributed by atoms with van der Waals surface area (Å²) in [6.45, 7) is 0. The Bertz CT molecular complexity index is 6760. The molecule has 0 amide bonds. The Kier molecular flexibility index (Phi) is 14.1. The van der Waals surface area contributed by atoms with E-state index in [1.807, 2.05) is 24.8 Å². The minimum Gasteiger partial charge on any atom is -0.309 e. The Morgan fingerprint density at radius 1 is 0.179 bits per heavy atom. The third-order valence-electron chi connectivity index (χ3n) is 21.3. The van der Waals surface area contributed by atoms with E-state index < -0.39 is 0 Å². The summed E-state index contributed by atoms with van der Waals surface area (Å²) in [7, 11) is 0. The molecule has 0 unspecified atom stereocenters. The van der Waals surface area contributed by atoms with Crippen molar-refractivity contribution in [1.82, 2.24) is 39.0 Å². The molecular formula is C98H60N8. The molecule has 0 N–H and O–H groups in total. The monoisotopic (exact) mass is 1350 g/mol. The average molecular weight is 1350 g/mol. The standard InChI is InChI=1S/2C49H30N4/c1-3-18-40-36(14-1)37-15-2-4-19-41(37)47-46(40)42-20-5-8-21-43(42)52-48(47)33-13-11-12-32(28-33)34-29-50-49(51-30-34)31-24-26-35(27-25-31)53-44-22-9-6-16-38(44)39-17-7-10-23-45(39)53;1-3-18-40-36(14-1)37-15-2-4-19-41(37)47-46(40)42-20-5-8-21-43(42)52-48(47)32-12-11-13-33(28-32)49-50-29-34(30-51-49)31-24-26-35(27-25-31)53-44-22-9-6-16-38(44)39-17-7-10-23-45(39)53/h2*1-30H. The average Bonchev–Trinajstić information content (AvgIpc) is 1.02. The van der Waals surface area contributed by atoms with Gasteiger partial charge in [0.15, 0.2) is 11.6 Å². The van der Waals surface area contributed by atoms with Crippen LogP contribution in [0.3, 0.4) is 0 Å². The number of fused-ring (bicyclic) bond motifs is 22. The minimum absolute atomic E-state index is 0.679. The van der Waals surface area contributed by atoms with Gasteiger partial charge in [-0.1, -0.05) is 255 Å². The maximum Gasteiger partial charge on any atom is 0.159 e. The van der Waals surface area contributed by atoms with Crippen LogP contribution in [0, 0.1) is 0 Å². The molecule has 0 saturated carbocycles. The Balaban J connectivity index is 0.000000136. The Labute approximate surface area is 608 Å². The van der Waals surface area contributed by atoms with Crippen LogP contribution in [0.1, 0.15) is 0 Å². The molecule has 8 heteroatoms. The lowest BCUT2D eigenvalue weighted by molar-refractivity contribution is 1.16. The highest BCUT2D eigenvalue weighted by Gasteiger charge is 2.22. The smallest absolute Gasteiger partial charge is 0.159 e. The normalized spacial score (nSPS) is 11.8. The molecule has 0 aliphatic heterocycles. The molecule has 0 aliphatic carbocycles. The molecule has 22 rings (SSSR count). The highest BCUT2D eigenvalue weighted by molar-refractivity contribution is 6.35. The van der Waals surface area contributed by atoms with E-state index in [1.54, 1.807) is 0 Å². The first-order chi connectivity index (χ1) is 52.6. The predicted molar refractivity (Wildman–Crippen MR) is 441 cm³/mol. The summed E-state index contributed by atoms with van der Waals surface area (Å²) in [5, 5.41) is 22.0. The quantitative estimate of drug-likeness (QED) is 0.141. The third-order valence-corrected chi connectivity index (χ3v) is 21.3. The van der Waals surface area contributed by atoms with Crippen molar-refractivity contribution in [1.29, 1.82) is 0 Å². The molecular weight excluding hydrogens is 1290 g/mol. The van der Waals surface area contributed by atoms with Crippen molar-refractivity contribution < 1.29 is 0 Å². The second-order valence-corrected chi connectivity index (χ2v) is 27.2. The van der Waals surface area contributed by atoms with Crippen LogP contribution in [-0.4, -0.2) is 39.0 Å². The zero-order valence-corrected chi connectivity index (χ0v) is 57.2. The van der Waals surface area contributed by atoms with Crippen LogP contribution in [0.15, 0.2) is 365 Å². The molecule has 0 fully saturated rings. The molecule has 0 radical (unpaired) electrons. The number of hydrogen-bond donors (Lipinski definition) is 0. The molecule has 0 spiro atoms. The maximum atomic E-state index is 5.35. The summed E-state index contributed by atoms with van der Waals surface area (Å²) in [4.78, 5) is 30.1. The van der Waals surface area contributed by atoms with E-state index in [2.05, 4.69) is 349 Å².